The Morgan fingerprint density at radius 3 is 1.57 bits per heavy atom. The molecule has 0 bridgehead atoms. The molecular weight excluding hydrogens is 954 g/mol. The van der Waals surface area contributed by atoms with Gasteiger partial charge in [-0.05, 0) is 120 Å². The molecule has 4 heterocycles. The summed E-state index contributed by atoms with van der Waals surface area (Å²) in [5.74, 6) is -2.12. The summed E-state index contributed by atoms with van der Waals surface area (Å²) in [6.45, 7) is 0. The Balaban J connectivity index is 0.00000722. The summed E-state index contributed by atoms with van der Waals surface area (Å²) in [4.78, 5) is 13.3. The second-order valence-electron chi connectivity index (χ2n) is 15.0. The molecule has 0 radical (unpaired) electrons. The largest absolute Gasteiger partial charge is 3.00 e. The molecule has 1 fully saturated rings. The molecule has 4 aromatic heterocycles. The van der Waals surface area contributed by atoms with Gasteiger partial charge in [0, 0.05) is 47.4 Å². The zero-order valence-corrected chi connectivity index (χ0v) is 36.2. The summed E-state index contributed by atoms with van der Waals surface area (Å²) in [5.41, 5.74) is 0.380. The molecule has 0 N–H and O–H groups in total. The maximum Gasteiger partial charge on any atom is 3.00 e. The van der Waals surface area contributed by atoms with Crippen molar-refractivity contribution in [1.29, 1.82) is 0 Å². The number of rotatable bonds is 13. The average Bonchev–Trinajstić information content (AvgIpc) is 3.85. The molecule has 5 aromatic carbocycles. The number of aryl methyl sites for hydroxylation is 6. The summed E-state index contributed by atoms with van der Waals surface area (Å²) in [6, 6.07) is 38.6. The second kappa shape index (κ2) is 19.5. The van der Waals surface area contributed by atoms with E-state index in [0.29, 0.717) is 51.7 Å². The molecule has 0 amide bonds. The number of pyridine rings is 3. The molecule has 9 aromatic rings. The maximum atomic E-state index is 15.9. The monoisotopic (exact) mass is 1020 g/mol. The quantitative estimate of drug-likeness (QED) is 0.108. The van der Waals surface area contributed by atoms with Crippen LogP contribution in [0.5, 0.6) is 0 Å². The Kier molecular flexibility index (Phi) is 8.87. The van der Waals surface area contributed by atoms with E-state index in [1.807, 2.05) is 0 Å². The normalized spacial score (nSPS) is 18.2. The van der Waals surface area contributed by atoms with Gasteiger partial charge >= 0.3 is 20.1 Å². The molecule has 6 heteroatoms. The fourth-order valence-electron chi connectivity index (χ4n) is 7.71. The SMILES string of the molecule is [2H]c1cc2c(oc3c(-c4ccc(C([2H])([2H])C([2H])([2H])c5cc(C([2H])([2H])C([2H])([2H])c6ccc(-c7[c-]cccc7)nc6)cc(C([2H])([2H])C([2H])([2H])c6ccc(-c7[c-]cccc7)nc6)c5)cn4)[c-]ccc32)c(C2([2H])CCCCC2)c1F.[Ir+3]. The van der Waals surface area contributed by atoms with Gasteiger partial charge in [-0.1, -0.05) is 84.8 Å². The van der Waals surface area contributed by atoms with E-state index in [4.69, 9.17) is 5.79 Å². The van der Waals surface area contributed by atoms with Crippen LogP contribution in [0.2, 0.25) is 0 Å². The van der Waals surface area contributed by atoms with Crippen LogP contribution in [0.4, 0.5) is 4.39 Å². The van der Waals surface area contributed by atoms with Crippen LogP contribution in [0.15, 0.2) is 150 Å². The maximum absolute atomic E-state index is 15.9. The van der Waals surface area contributed by atoms with Gasteiger partial charge in [-0.2, -0.15) is 0 Å². The van der Waals surface area contributed by atoms with E-state index in [1.54, 1.807) is 60.7 Å². The first kappa shape index (κ1) is 28.6. The minimum atomic E-state index is -3.18. The Bertz CT molecular complexity index is 3490. The van der Waals surface area contributed by atoms with Gasteiger partial charge in [0.15, 0.2) is 0 Å². The summed E-state index contributed by atoms with van der Waals surface area (Å²) in [7, 11) is 0. The van der Waals surface area contributed by atoms with Crippen molar-refractivity contribution in [1.82, 2.24) is 15.0 Å². The number of fused-ring (bicyclic) bond motifs is 3. The first-order chi connectivity index (χ1) is 35.9. The summed E-state index contributed by atoms with van der Waals surface area (Å²) >= 11 is 0. The van der Waals surface area contributed by atoms with Crippen LogP contribution in [-0.2, 0) is 58.3 Å². The predicted molar refractivity (Wildman–Crippen MR) is 247 cm³/mol. The molecule has 0 atom stereocenters. The average molecular weight is 1020 g/mol. The van der Waals surface area contributed by atoms with E-state index < -0.39 is 66.6 Å². The van der Waals surface area contributed by atoms with Gasteiger partial charge in [0.2, 0.25) is 0 Å². The van der Waals surface area contributed by atoms with Crippen LogP contribution in [0, 0.1) is 24.0 Å². The van der Waals surface area contributed by atoms with Crippen molar-refractivity contribution >= 4 is 21.9 Å². The van der Waals surface area contributed by atoms with Crippen LogP contribution in [0.25, 0.3) is 55.7 Å². The molecule has 1 aliphatic carbocycles. The topological polar surface area (TPSA) is 51.8 Å². The van der Waals surface area contributed by atoms with Crippen molar-refractivity contribution < 1.29 is 48.1 Å². The molecule has 4 nitrogen and oxygen atoms in total. The van der Waals surface area contributed by atoms with Crippen LogP contribution < -0.4 is 0 Å². The zero-order valence-electron chi connectivity index (χ0n) is 47.8. The number of hydrogen-bond acceptors (Lipinski definition) is 4. The van der Waals surface area contributed by atoms with Crippen molar-refractivity contribution in [2.45, 2.75) is 76.2 Å². The van der Waals surface area contributed by atoms with Crippen LogP contribution in [0.1, 0.15) is 96.1 Å². The molecular formula is C57H47FIrN3O. The number of hydrogen-bond donors (Lipinski definition) is 0. The van der Waals surface area contributed by atoms with Gasteiger partial charge in [0.05, 0.1) is 6.95 Å². The van der Waals surface area contributed by atoms with E-state index in [2.05, 4.69) is 33.2 Å². The van der Waals surface area contributed by atoms with E-state index >= 15 is 4.39 Å². The van der Waals surface area contributed by atoms with Gasteiger partial charge in [-0.3, -0.25) is 0 Å². The van der Waals surface area contributed by atoms with Crippen LogP contribution >= 0.6 is 0 Å². The molecule has 1 aliphatic rings. The fraction of sp³-hybridized carbons (Fsp3) is 0.211. The summed E-state index contributed by atoms with van der Waals surface area (Å²) in [6.07, 6.45) is -11.8. The predicted octanol–water partition coefficient (Wildman–Crippen LogP) is 13.7. The number of furan rings is 1. The van der Waals surface area contributed by atoms with Gasteiger partial charge in [-0.25, -0.2) is 4.39 Å². The third kappa shape index (κ3) is 9.64. The molecule has 0 unspecified atom stereocenters. The minimum Gasteiger partial charge on any atom is -0.500 e. The van der Waals surface area contributed by atoms with Gasteiger partial charge in [0.25, 0.3) is 0 Å². The Hall–Kier alpha value is -6.07. The van der Waals surface area contributed by atoms with E-state index in [1.165, 1.54) is 42.5 Å². The summed E-state index contributed by atoms with van der Waals surface area (Å²) < 4.78 is 153. The molecule has 1 saturated carbocycles. The molecule has 10 rings (SSSR count). The number of aromatic nitrogens is 3. The number of nitrogens with zero attached hydrogens (tertiary/aromatic N) is 3. The Morgan fingerprint density at radius 1 is 0.571 bits per heavy atom. The van der Waals surface area contributed by atoms with E-state index in [-0.39, 0.29) is 65.3 Å². The van der Waals surface area contributed by atoms with Crippen LogP contribution in [-0.4, -0.2) is 15.0 Å². The third-order valence-corrected chi connectivity index (χ3v) is 10.8. The molecule has 63 heavy (non-hydrogen) atoms. The van der Waals surface area contributed by atoms with Gasteiger partial charge < -0.3 is 19.4 Å². The van der Waals surface area contributed by atoms with Crippen molar-refractivity contribution in [3.8, 4) is 33.8 Å². The second-order valence-corrected chi connectivity index (χ2v) is 15.0. The Morgan fingerprint density at radius 2 is 1.08 bits per heavy atom. The number of halogens is 1. The first-order valence-corrected chi connectivity index (χ1v) is 20.5. The van der Waals surface area contributed by atoms with Crippen LogP contribution in [0.3, 0.4) is 0 Å². The standard InChI is InChI=1S/C57H47FN3O.Ir/c58-51-29-28-49-48-17-10-18-50(56(48)62-57(49)55(51)47-15-8-3-9-16-47)54-32-27-41(38-61-54)21-24-44-34-42(22-19-39-25-30-52(59-36-39)45-11-4-1-5-12-45)33-43(35-44)23-20-40-26-31-53(60-37-40)46-13-6-2-7-14-46;/h1-2,4-7,10-11,13,17,25-38,47H,3,8-9,15-16,19-24H2;/q-3;+3/i19D2,20D2,21D2,22D2,23D2,24D2,29D,47D;. The smallest absolute Gasteiger partial charge is 0.500 e. The van der Waals surface area contributed by atoms with Gasteiger partial charge in [-0.15, -0.1) is 90.0 Å². The van der Waals surface area contributed by atoms with Gasteiger partial charge in [0.1, 0.15) is 11.4 Å². The Labute approximate surface area is 402 Å². The van der Waals surface area contributed by atoms with E-state index in [9.17, 15) is 17.8 Å². The molecule has 312 valence electrons. The van der Waals surface area contributed by atoms with Crippen molar-refractivity contribution in [2.75, 3.05) is 0 Å². The van der Waals surface area contributed by atoms with Crippen molar-refractivity contribution in [2.24, 2.45) is 0 Å². The molecule has 0 saturated heterocycles. The summed E-state index contributed by atoms with van der Waals surface area (Å²) in [5, 5.41) is 0.951. The third-order valence-electron chi connectivity index (χ3n) is 10.8. The zero-order chi connectivity index (χ0) is 54.2. The minimum absolute atomic E-state index is 0. The first-order valence-electron chi connectivity index (χ1n) is 27.5. The van der Waals surface area contributed by atoms with Crippen molar-refractivity contribution in [3.05, 3.63) is 209 Å². The number of benzene rings is 5. The molecule has 0 spiro atoms. The fourth-order valence-corrected chi connectivity index (χ4v) is 7.71. The molecule has 0 aliphatic heterocycles. The van der Waals surface area contributed by atoms with E-state index in [0.717, 1.165) is 56.1 Å². The van der Waals surface area contributed by atoms with Crippen molar-refractivity contribution in [3.63, 3.8) is 0 Å².